The molecule has 2 aromatic heterocycles. The fourth-order valence-electron chi connectivity index (χ4n) is 1.54. The summed E-state index contributed by atoms with van der Waals surface area (Å²) >= 11 is 6.68. The van der Waals surface area contributed by atoms with Crippen molar-refractivity contribution >= 4 is 31.9 Å². The number of hydrogen-bond acceptors (Lipinski definition) is 4. The van der Waals surface area contributed by atoms with Gasteiger partial charge in [-0.1, -0.05) is 5.16 Å². The number of hydrogen-bond donors (Lipinski definition) is 1. The first kappa shape index (κ1) is 12.9. The van der Waals surface area contributed by atoms with E-state index in [1.807, 2.05) is 19.9 Å². The summed E-state index contributed by atoms with van der Waals surface area (Å²) in [5, 5.41) is 7.20. The van der Waals surface area contributed by atoms with E-state index >= 15 is 0 Å². The molecule has 4 nitrogen and oxygen atoms in total. The molecule has 2 aromatic rings. The molecule has 0 aliphatic heterocycles. The van der Waals surface area contributed by atoms with Crippen molar-refractivity contribution in [1.82, 2.24) is 10.5 Å². The van der Waals surface area contributed by atoms with E-state index in [1.165, 1.54) is 0 Å². The smallest absolute Gasteiger partial charge is 0.183 e. The first-order chi connectivity index (χ1) is 8.08. The third-order valence-electron chi connectivity index (χ3n) is 2.48. The molecule has 2 rings (SSSR count). The number of nitrogens with zero attached hydrogens (tertiary/aromatic N) is 1. The molecular weight excluding hydrogens is 352 g/mol. The molecule has 0 unspecified atom stereocenters. The van der Waals surface area contributed by atoms with Gasteiger partial charge in [-0.15, -0.1) is 0 Å². The summed E-state index contributed by atoms with van der Waals surface area (Å²) in [5.41, 5.74) is 2.03. The molecule has 0 aromatic carbocycles. The van der Waals surface area contributed by atoms with E-state index in [1.54, 1.807) is 0 Å². The van der Waals surface area contributed by atoms with Gasteiger partial charge in [0.1, 0.15) is 11.5 Å². The highest BCUT2D eigenvalue weighted by molar-refractivity contribution is 9.13. The van der Waals surface area contributed by atoms with Crippen LogP contribution in [0.1, 0.15) is 22.8 Å². The van der Waals surface area contributed by atoms with Crippen LogP contribution in [0.4, 0.5) is 0 Å². The Morgan fingerprint density at radius 1 is 1.29 bits per heavy atom. The Bertz CT molecular complexity index is 481. The molecule has 17 heavy (non-hydrogen) atoms. The normalized spacial score (nSPS) is 11.1. The van der Waals surface area contributed by atoms with Crippen molar-refractivity contribution in [2.75, 3.05) is 0 Å². The second-order valence-corrected chi connectivity index (χ2v) is 5.32. The monoisotopic (exact) mass is 362 g/mol. The third-order valence-corrected chi connectivity index (χ3v) is 4.19. The largest absolute Gasteiger partial charge is 0.452 e. The number of furan rings is 1. The Hall–Kier alpha value is -0.590. The lowest BCUT2D eigenvalue weighted by Gasteiger charge is -2.01. The Labute approximate surface area is 116 Å². The van der Waals surface area contributed by atoms with Crippen LogP contribution in [0.25, 0.3) is 0 Å². The van der Waals surface area contributed by atoms with E-state index in [9.17, 15) is 0 Å². The predicted octanol–water partition coefficient (Wildman–Crippen LogP) is 3.70. The van der Waals surface area contributed by atoms with Crippen LogP contribution in [0.15, 0.2) is 24.1 Å². The van der Waals surface area contributed by atoms with Crippen molar-refractivity contribution in [3.05, 3.63) is 38.0 Å². The lowest BCUT2D eigenvalue weighted by atomic mass is 10.2. The molecule has 0 fully saturated rings. The quantitative estimate of drug-likeness (QED) is 0.899. The second kappa shape index (κ2) is 5.37. The van der Waals surface area contributed by atoms with Crippen LogP contribution in [-0.4, -0.2) is 5.16 Å². The number of aromatic nitrogens is 1. The summed E-state index contributed by atoms with van der Waals surface area (Å²) in [6, 6.07) is 1.93. The van der Waals surface area contributed by atoms with E-state index in [0.717, 1.165) is 33.8 Å². The van der Waals surface area contributed by atoms with Gasteiger partial charge in [0.15, 0.2) is 4.67 Å². The molecule has 0 spiro atoms. The molecule has 92 valence electrons. The summed E-state index contributed by atoms with van der Waals surface area (Å²) in [5.74, 6) is 1.73. The minimum atomic E-state index is 0.661. The van der Waals surface area contributed by atoms with Crippen LogP contribution in [-0.2, 0) is 13.1 Å². The van der Waals surface area contributed by atoms with Gasteiger partial charge in [-0.2, -0.15) is 0 Å². The highest BCUT2D eigenvalue weighted by Crippen LogP contribution is 2.26. The van der Waals surface area contributed by atoms with E-state index in [2.05, 4.69) is 42.3 Å². The third kappa shape index (κ3) is 3.00. The van der Waals surface area contributed by atoms with Crippen LogP contribution in [0.3, 0.4) is 0 Å². The van der Waals surface area contributed by atoms with E-state index in [-0.39, 0.29) is 0 Å². The van der Waals surface area contributed by atoms with E-state index < -0.39 is 0 Å². The van der Waals surface area contributed by atoms with Gasteiger partial charge in [-0.25, -0.2) is 0 Å². The number of nitrogens with one attached hydrogen (secondary N) is 1. The fraction of sp³-hybridized carbons (Fsp3) is 0.364. The molecule has 0 amide bonds. The van der Waals surface area contributed by atoms with Gasteiger partial charge in [0.2, 0.25) is 0 Å². The Balaban J connectivity index is 1.92. The van der Waals surface area contributed by atoms with Crippen LogP contribution in [0.5, 0.6) is 0 Å². The van der Waals surface area contributed by atoms with Gasteiger partial charge in [0.25, 0.3) is 0 Å². The molecule has 1 N–H and O–H groups in total. The molecule has 0 saturated heterocycles. The lowest BCUT2D eigenvalue weighted by molar-refractivity contribution is 0.391. The summed E-state index contributed by atoms with van der Waals surface area (Å²) < 4.78 is 12.2. The van der Waals surface area contributed by atoms with E-state index in [0.29, 0.717) is 11.2 Å². The van der Waals surface area contributed by atoms with Crippen molar-refractivity contribution in [3.8, 4) is 0 Å². The zero-order valence-electron chi connectivity index (χ0n) is 9.51. The second-order valence-electron chi connectivity index (χ2n) is 3.74. The van der Waals surface area contributed by atoms with Gasteiger partial charge < -0.3 is 14.3 Å². The summed E-state index contributed by atoms with van der Waals surface area (Å²) in [7, 11) is 0. The molecule has 0 aliphatic carbocycles. The fourth-order valence-corrected chi connectivity index (χ4v) is 2.20. The molecule has 6 heteroatoms. The van der Waals surface area contributed by atoms with Crippen LogP contribution >= 0.6 is 31.9 Å². The summed E-state index contributed by atoms with van der Waals surface area (Å²) in [6.45, 7) is 5.23. The van der Waals surface area contributed by atoms with Crippen molar-refractivity contribution in [2.24, 2.45) is 0 Å². The molecule has 0 saturated carbocycles. The Morgan fingerprint density at radius 2 is 2.06 bits per heavy atom. The van der Waals surface area contributed by atoms with Crippen LogP contribution in [0.2, 0.25) is 0 Å². The average molecular weight is 364 g/mol. The molecule has 0 aliphatic rings. The lowest BCUT2D eigenvalue weighted by Crippen LogP contribution is -2.13. The molecular formula is C11H12Br2N2O2. The van der Waals surface area contributed by atoms with Crippen molar-refractivity contribution in [1.29, 1.82) is 0 Å². The van der Waals surface area contributed by atoms with Gasteiger partial charge in [-0.3, -0.25) is 0 Å². The molecule has 0 bridgehead atoms. The van der Waals surface area contributed by atoms with Gasteiger partial charge in [0.05, 0.1) is 16.7 Å². The Morgan fingerprint density at radius 3 is 2.59 bits per heavy atom. The average Bonchev–Trinajstić information content (AvgIpc) is 2.75. The topological polar surface area (TPSA) is 51.2 Å². The molecule has 0 atom stereocenters. The number of rotatable bonds is 4. The molecule has 0 radical (unpaired) electrons. The molecule has 2 heterocycles. The van der Waals surface area contributed by atoms with Crippen molar-refractivity contribution in [2.45, 2.75) is 26.9 Å². The summed E-state index contributed by atoms with van der Waals surface area (Å²) in [6.07, 6.45) is 0. The zero-order valence-corrected chi connectivity index (χ0v) is 12.7. The summed E-state index contributed by atoms with van der Waals surface area (Å²) in [4.78, 5) is 0. The minimum absolute atomic E-state index is 0.661. The Kier molecular flexibility index (Phi) is 4.06. The van der Waals surface area contributed by atoms with Crippen LogP contribution in [0, 0.1) is 13.8 Å². The van der Waals surface area contributed by atoms with Crippen molar-refractivity contribution in [3.63, 3.8) is 0 Å². The van der Waals surface area contributed by atoms with Crippen LogP contribution < -0.4 is 5.32 Å². The predicted molar refractivity (Wildman–Crippen MR) is 70.6 cm³/mol. The first-order valence-corrected chi connectivity index (χ1v) is 6.72. The highest BCUT2D eigenvalue weighted by atomic mass is 79.9. The first-order valence-electron chi connectivity index (χ1n) is 5.14. The van der Waals surface area contributed by atoms with Gasteiger partial charge in [0, 0.05) is 12.1 Å². The maximum Gasteiger partial charge on any atom is 0.183 e. The highest BCUT2D eigenvalue weighted by Gasteiger charge is 2.09. The zero-order chi connectivity index (χ0) is 12.4. The van der Waals surface area contributed by atoms with Gasteiger partial charge >= 0.3 is 0 Å². The number of halogens is 2. The maximum atomic E-state index is 5.46. The van der Waals surface area contributed by atoms with E-state index in [4.69, 9.17) is 8.94 Å². The standard InChI is InChI=1S/C11H12Br2N2O2/c1-6-9(7(2)17-15-6)5-14-4-8-3-10(12)11(13)16-8/h3,14H,4-5H2,1-2H3. The van der Waals surface area contributed by atoms with Gasteiger partial charge in [-0.05, 0) is 51.8 Å². The maximum absolute atomic E-state index is 5.46. The SMILES string of the molecule is Cc1noc(C)c1CNCc1cc(Br)c(Br)o1. The number of aryl methyl sites for hydroxylation is 2. The van der Waals surface area contributed by atoms with Crippen molar-refractivity contribution < 1.29 is 8.94 Å². The minimum Gasteiger partial charge on any atom is -0.452 e.